The first-order valence-corrected chi connectivity index (χ1v) is 19.2. The number of alkyl carbamates (subject to hydrolysis) is 1. The number of ether oxygens (including phenoxy) is 7. The van der Waals surface area contributed by atoms with Crippen LogP contribution >= 0.6 is 0 Å². The highest BCUT2D eigenvalue weighted by atomic mass is 16.6. The van der Waals surface area contributed by atoms with Gasteiger partial charge in [0.25, 0.3) is 0 Å². The van der Waals surface area contributed by atoms with Gasteiger partial charge < -0.3 is 43.4 Å². The number of anilines is 1. The van der Waals surface area contributed by atoms with E-state index in [9.17, 15) is 4.79 Å². The molecule has 1 N–H and O–H groups in total. The van der Waals surface area contributed by atoms with E-state index in [-0.39, 0.29) is 10.8 Å². The minimum atomic E-state index is -0.525. The molecule has 0 atom stereocenters. The summed E-state index contributed by atoms with van der Waals surface area (Å²) < 4.78 is 41.4. The van der Waals surface area contributed by atoms with Crippen molar-refractivity contribution >= 4 is 23.2 Å². The molecule has 0 radical (unpaired) electrons. The van der Waals surface area contributed by atoms with Crippen molar-refractivity contribution in [2.75, 3.05) is 104 Å². The lowest BCUT2D eigenvalue weighted by Crippen LogP contribution is -2.34. The molecule has 0 unspecified atom stereocenters. The van der Waals surface area contributed by atoms with Gasteiger partial charge >= 0.3 is 6.09 Å². The quantitative estimate of drug-likeness (QED) is 0.100. The molecule has 0 saturated heterocycles. The molecule has 2 heterocycles. The number of fused-ring (bicyclic) bond motifs is 2. The maximum atomic E-state index is 11.8. The van der Waals surface area contributed by atoms with E-state index in [0.29, 0.717) is 85.8 Å². The van der Waals surface area contributed by atoms with Gasteiger partial charge in [-0.2, -0.15) is 4.58 Å². The molecule has 1 amide bonds. The van der Waals surface area contributed by atoms with Crippen LogP contribution in [-0.2, 0) is 44.0 Å². The van der Waals surface area contributed by atoms with Gasteiger partial charge in [0.05, 0.1) is 71.5 Å². The number of amides is 1. The number of hydrogen-bond acceptors (Lipinski definition) is 9. The van der Waals surface area contributed by atoms with Crippen molar-refractivity contribution in [3.63, 3.8) is 0 Å². The van der Waals surface area contributed by atoms with Crippen LogP contribution in [0.2, 0.25) is 0 Å². The second-order valence-electron chi connectivity index (χ2n) is 15.4. The van der Waals surface area contributed by atoms with Crippen molar-refractivity contribution in [2.24, 2.45) is 0 Å². The van der Waals surface area contributed by atoms with E-state index in [4.69, 9.17) is 33.2 Å². The summed E-state index contributed by atoms with van der Waals surface area (Å²) in [4.78, 5) is 14.2. The number of hydrogen-bond donors (Lipinski definition) is 1. The van der Waals surface area contributed by atoms with Gasteiger partial charge in [-0.25, -0.2) is 4.79 Å². The van der Waals surface area contributed by atoms with Crippen molar-refractivity contribution in [3.05, 3.63) is 83.6 Å². The van der Waals surface area contributed by atoms with E-state index in [1.54, 1.807) is 7.11 Å². The lowest BCUT2D eigenvalue weighted by atomic mass is 9.81. The van der Waals surface area contributed by atoms with Crippen LogP contribution in [-0.4, -0.2) is 121 Å². The Hall–Kier alpha value is -3.58. The normalized spacial score (nSPS) is 16.7. The van der Waals surface area contributed by atoms with E-state index in [0.717, 1.165) is 6.54 Å². The summed E-state index contributed by atoms with van der Waals surface area (Å²) in [5.41, 5.74) is 6.61. The molecule has 0 aromatic heterocycles. The van der Waals surface area contributed by atoms with Gasteiger partial charge in [-0.3, -0.25) is 0 Å². The second kappa shape index (κ2) is 20.9. The Morgan fingerprint density at radius 1 is 0.741 bits per heavy atom. The number of allylic oxidation sites excluding steroid dienone is 4. The van der Waals surface area contributed by atoms with Crippen molar-refractivity contribution < 1.29 is 42.5 Å². The van der Waals surface area contributed by atoms with Crippen molar-refractivity contribution in [3.8, 4) is 0 Å². The molecule has 2 aromatic rings. The lowest BCUT2D eigenvalue weighted by molar-refractivity contribution is -0.442. The third-order valence-corrected chi connectivity index (χ3v) is 9.49. The van der Waals surface area contributed by atoms with Crippen LogP contribution < -0.4 is 10.2 Å². The van der Waals surface area contributed by atoms with Gasteiger partial charge in [-0.1, -0.05) is 56.3 Å². The summed E-state index contributed by atoms with van der Waals surface area (Å²) in [5.74, 6) is 0. The number of methoxy groups -OCH3 is 1. The summed E-state index contributed by atoms with van der Waals surface area (Å²) in [6.45, 7) is 22.2. The van der Waals surface area contributed by atoms with E-state index < -0.39 is 11.7 Å². The smallest absolute Gasteiger partial charge is 0.407 e. The zero-order chi connectivity index (χ0) is 39.0. The minimum Gasteiger partial charge on any atom is -0.444 e. The molecule has 11 nitrogen and oxygen atoms in total. The first-order chi connectivity index (χ1) is 25.9. The molecule has 0 fully saturated rings. The molecular weight excluding hydrogens is 686 g/mol. The monoisotopic (exact) mass is 750 g/mol. The predicted octanol–water partition coefficient (Wildman–Crippen LogP) is 6.55. The van der Waals surface area contributed by atoms with Crippen molar-refractivity contribution in [2.45, 2.75) is 64.9 Å². The summed E-state index contributed by atoms with van der Waals surface area (Å²) in [6, 6.07) is 17.3. The molecule has 0 spiro atoms. The van der Waals surface area contributed by atoms with Crippen LogP contribution in [0.1, 0.15) is 59.6 Å². The molecule has 11 heteroatoms. The Bertz CT molecular complexity index is 1580. The van der Waals surface area contributed by atoms with Gasteiger partial charge in [0.1, 0.15) is 12.2 Å². The highest BCUT2D eigenvalue weighted by Gasteiger charge is 2.44. The third-order valence-electron chi connectivity index (χ3n) is 9.49. The SMILES string of the molecule is COCCOCCOCCOCC[N+]1=C(/C=C/C=C2/N(CCOCCOCCNC(=O)OC(C)(C)C)c3ccccc3C2(C)C)C(C)(C)c2ccccc21. The maximum Gasteiger partial charge on any atom is 0.407 e. The van der Waals surface area contributed by atoms with Gasteiger partial charge in [-0.15, -0.1) is 0 Å². The fourth-order valence-electron chi connectivity index (χ4n) is 6.85. The van der Waals surface area contributed by atoms with Crippen molar-refractivity contribution in [1.82, 2.24) is 5.32 Å². The zero-order valence-electron chi connectivity index (χ0n) is 33.9. The number of nitrogens with zero attached hydrogens (tertiary/aromatic N) is 2. The van der Waals surface area contributed by atoms with Gasteiger partial charge in [0.15, 0.2) is 12.3 Å². The molecule has 298 valence electrons. The molecular formula is C43H64N3O8+. The first kappa shape index (κ1) is 43.2. The standard InChI is InChI=1S/C43H63N3O8/c1-41(2,3)54-40(47)44-20-23-49-28-29-50-24-21-45-36-16-11-9-14-34(36)42(4,5)38(45)18-13-19-39-43(6,7)35-15-10-12-17-37(35)46(39)22-25-51-30-31-53-33-32-52-27-26-48-8/h9-19H,20-33H2,1-8H3/p+1. The summed E-state index contributed by atoms with van der Waals surface area (Å²) in [6.07, 6.45) is 6.29. The van der Waals surface area contributed by atoms with Crippen LogP contribution in [0, 0.1) is 0 Å². The molecule has 2 aliphatic heterocycles. The van der Waals surface area contributed by atoms with E-state index in [1.165, 1.54) is 33.9 Å². The Morgan fingerprint density at radius 3 is 1.98 bits per heavy atom. The minimum absolute atomic E-state index is 0.174. The molecule has 0 aliphatic carbocycles. The Kier molecular flexibility index (Phi) is 16.7. The topological polar surface area (TPSA) is 100.0 Å². The summed E-state index contributed by atoms with van der Waals surface area (Å²) in [7, 11) is 1.66. The van der Waals surface area contributed by atoms with Crippen LogP contribution in [0.3, 0.4) is 0 Å². The number of carbonyl (C=O) groups excluding carboxylic acids is 1. The predicted molar refractivity (Wildman–Crippen MR) is 214 cm³/mol. The number of para-hydroxylation sites is 2. The maximum absolute atomic E-state index is 11.8. The van der Waals surface area contributed by atoms with Gasteiger partial charge in [0, 0.05) is 54.7 Å². The largest absolute Gasteiger partial charge is 0.444 e. The number of benzene rings is 2. The van der Waals surface area contributed by atoms with Crippen LogP contribution in [0.15, 0.2) is 72.5 Å². The molecule has 0 saturated carbocycles. The van der Waals surface area contributed by atoms with Crippen LogP contribution in [0.4, 0.5) is 16.2 Å². The molecule has 0 bridgehead atoms. The second-order valence-corrected chi connectivity index (χ2v) is 15.4. The Labute approximate surface area is 323 Å². The van der Waals surface area contributed by atoms with Crippen LogP contribution in [0.5, 0.6) is 0 Å². The summed E-state index contributed by atoms with van der Waals surface area (Å²) >= 11 is 0. The Morgan fingerprint density at radius 2 is 1.31 bits per heavy atom. The average molecular weight is 751 g/mol. The number of nitrogens with one attached hydrogen (secondary N) is 1. The number of carbonyl (C=O) groups is 1. The average Bonchev–Trinajstić information content (AvgIpc) is 3.47. The first-order valence-electron chi connectivity index (χ1n) is 19.2. The molecule has 4 rings (SSSR count). The van der Waals surface area contributed by atoms with E-state index in [1.807, 2.05) is 20.8 Å². The number of rotatable bonds is 23. The molecule has 2 aliphatic rings. The van der Waals surface area contributed by atoms with Gasteiger partial charge in [0.2, 0.25) is 5.69 Å². The highest BCUT2D eigenvalue weighted by Crippen LogP contribution is 2.47. The van der Waals surface area contributed by atoms with Crippen molar-refractivity contribution in [1.29, 1.82) is 0 Å². The lowest BCUT2D eigenvalue weighted by Gasteiger charge is -2.27. The Balaban J connectivity index is 1.35. The third kappa shape index (κ3) is 12.2. The fraction of sp³-hybridized carbons (Fsp3) is 0.581. The van der Waals surface area contributed by atoms with E-state index >= 15 is 0 Å². The summed E-state index contributed by atoms with van der Waals surface area (Å²) in [5, 5.41) is 2.71. The highest BCUT2D eigenvalue weighted by molar-refractivity contribution is 6.03. The van der Waals surface area contributed by atoms with Crippen LogP contribution in [0.25, 0.3) is 0 Å². The molecule has 2 aromatic carbocycles. The molecule has 54 heavy (non-hydrogen) atoms. The van der Waals surface area contributed by atoms with Gasteiger partial charge in [-0.05, 0) is 52.3 Å². The zero-order valence-corrected chi connectivity index (χ0v) is 33.9. The van der Waals surface area contributed by atoms with E-state index in [2.05, 4.69) is 109 Å². The fourth-order valence-corrected chi connectivity index (χ4v) is 6.85.